The second kappa shape index (κ2) is 8.53. The average Bonchev–Trinajstić information content (AvgIpc) is 3.28. The van der Waals surface area contributed by atoms with E-state index in [4.69, 9.17) is 0 Å². The van der Waals surface area contributed by atoms with E-state index in [0.29, 0.717) is 0 Å². The van der Waals surface area contributed by atoms with Gasteiger partial charge in [-0.2, -0.15) is 0 Å². The zero-order valence-corrected chi connectivity index (χ0v) is 14.9. The van der Waals surface area contributed by atoms with E-state index in [1.54, 1.807) is 0 Å². The standard InChI is InChI=1S/C19H38N2/c1-5-6-7-17-12-19(20-11-10-15(2)3)14-21(13-17)16(4)18-8-9-18/h15-20H,5-14H2,1-4H3. The molecule has 1 aliphatic carbocycles. The Hall–Kier alpha value is -0.0800. The van der Waals surface area contributed by atoms with Crippen LogP contribution in [0.1, 0.15) is 72.6 Å². The van der Waals surface area contributed by atoms with Gasteiger partial charge in [0.1, 0.15) is 0 Å². The van der Waals surface area contributed by atoms with E-state index < -0.39 is 0 Å². The zero-order chi connectivity index (χ0) is 15.2. The maximum atomic E-state index is 3.86. The second-order valence-electron chi connectivity index (χ2n) is 8.11. The van der Waals surface area contributed by atoms with Gasteiger partial charge in [0.2, 0.25) is 0 Å². The largest absolute Gasteiger partial charge is 0.313 e. The molecule has 0 radical (unpaired) electrons. The highest BCUT2D eigenvalue weighted by Crippen LogP contribution is 2.37. The fourth-order valence-electron chi connectivity index (χ4n) is 3.88. The summed E-state index contributed by atoms with van der Waals surface area (Å²) in [7, 11) is 0. The SMILES string of the molecule is CCCCC1CC(NCCC(C)C)CN(C(C)C2CC2)C1. The number of hydrogen-bond acceptors (Lipinski definition) is 2. The summed E-state index contributed by atoms with van der Waals surface area (Å²) in [6.07, 6.45) is 9.87. The van der Waals surface area contributed by atoms with Gasteiger partial charge < -0.3 is 5.32 Å². The van der Waals surface area contributed by atoms with E-state index in [-0.39, 0.29) is 0 Å². The van der Waals surface area contributed by atoms with Gasteiger partial charge in [-0.25, -0.2) is 0 Å². The van der Waals surface area contributed by atoms with Crippen LogP contribution in [0.25, 0.3) is 0 Å². The molecule has 0 aromatic rings. The third kappa shape index (κ3) is 5.90. The first kappa shape index (κ1) is 17.3. The fraction of sp³-hybridized carbons (Fsp3) is 1.00. The van der Waals surface area contributed by atoms with Crippen molar-refractivity contribution >= 4 is 0 Å². The first-order valence-electron chi connectivity index (χ1n) is 9.57. The Morgan fingerprint density at radius 1 is 1.14 bits per heavy atom. The van der Waals surface area contributed by atoms with Gasteiger partial charge in [0.15, 0.2) is 0 Å². The topological polar surface area (TPSA) is 15.3 Å². The average molecular weight is 295 g/mol. The lowest BCUT2D eigenvalue weighted by Crippen LogP contribution is -2.52. The van der Waals surface area contributed by atoms with Crippen molar-refractivity contribution in [2.45, 2.75) is 84.7 Å². The number of hydrogen-bond donors (Lipinski definition) is 1. The molecule has 0 aromatic carbocycles. The van der Waals surface area contributed by atoms with Crippen LogP contribution in [0.4, 0.5) is 0 Å². The fourth-order valence-corrected chi connectivity index (χ4v) is 3.88. The molecule has 0 aromatic heterocycles. The Bertz CT molecular complexity index is 285. The minimum atomic E-state index is 0.737. The van der Waals surface area contributed by atoms with Gasteiger partial charge in [-0.1, -0.05) is 33.6 Å². The normalized spacial score (nSPS) is 29.0. The van der Waals surface area contributed by atoms with Crippen molar-refractivity contribution in [1.29, 1.82) is 0 Å². The maximum absolute atomic E-state index is 3.86. The highest BCUT2D eigenvalue weighted by atomic mass is 15.2. The smallest absolute Gasteiger partial charge is 0.0198 e. The molecular formula is C19H38N2. The molecule has 0 spiro atoms. The summed E-state index contributed by atoms with van der Waals surface area (Å²) >= 11 is 0. The van der Waals surface area contributed by atoms with Gasteiger partial charge in [0.05, 0.1) is 0 Å². The van der Waals surface area contributed by atoms with E-state index in [0.717, 1.165) is 29.8 Å². The Morgan fingerprint density at radius 2 is 1.90 bits per heavy atom. The van der Waals surface area contributed by atoms with Gasteiger partial charge >= 0.3 is 0 Å². The molecule has 3 atom stereocenters. The number of rotatable bonds is 9. The van der Waals surface area contributed by atoms with Crippen LogP contribution in [0.5, 0.6) is 0 Å². The van der Waals surface area contributed by atoms with Crippen LogP contribution < -0.4 is 5.32 Å². The van der Waals surface area contributed by atoms with Crippen LogP contribution in [0.2, 0.25) is 0 Å². The molecule has 1 N–H and O–H groups in total. The van der Waals surface area contributed by atoms with E-state index in [1.807, 2.05) is 0 Å². The molecule has 2 heteroatoms. The van der Waals surface area contributed by atoms with Crippen LogP contribution in [-0.4, -0.2) is 36.6 Å². The van der Waals surface area contributed by atoms with Crippen molar-refractivity contribution in [2.24, 2.45) is 17.8 Å². The third-order valence-electron chi connectivity index (χ3n) is 5.57. The lowest BCUT2D eigenvalue weighted by Gasteiger charge is -2.41. The molecule has 1 aliphatic heterocycles. The van der Waals surface area contributed by atoms with Gasteiger partial charge in [0.25, 0.3) is 0 Å². The van der Waals surface area contributed by atoms with Gasteiger partial charge in [-0.05, 0) is 63.3 Å². The van der Waals surface area contributed by atoms with Crippen LogP contribution in [-0.2, 0) is 0 Å². The first-order chi connectivity index (χ1) is 10.1. The summed E-state index contributed by atoms with van der Waals surface area (Å²) in [6.45, 7) is 13.3. The van der Waals surface area contributed by atoms with E-state index >= 15 is 0 Å². The molecule has 1 saturated heterocycles. The molecule has 3 unspecified atom stereocenters. The minimum Gasteiger partial charge on any atom is -0.313 e. The van der Waals surface area contributed by atoms with Crippen LogP contribution in [0.15, 0.2) is 0 Å². The molecule has 1 heterocycles. The molecular weight excluding hydrogens is 256 g/mol. The Kier molecular flexibility index (Phi) is 7.01. The van der Waals surface area contributed by atoms with Crippen molar-refractivity contribution in [3.8, 4) is 0 Å². The lowest BCUT2D eigenvalue weighted by atomic mass is 9.88. The summed E-state index contributed by atoms with van der Waals surface area (Å²) in [6, 6.07) is 1.56. The quantitative estimate of drug-likeness (QED) is 0.682. The number of nitrogens with one attached hydrogen (secondary N) is 1. The molecule has 2 aliphatic rings. The summed E-state index contributed by atoms with van der Waals surface area (Å²) in [5.74, 6) is 2.75. The molecule has 1 saturated carbocycles. The Labute approximate surface area is 133 Å². The van der Waals surface area contributed by atoms with E-state index in [2.05, 4.69) is 37.9 Å². The molecule has 21 heavy (non-hydrogen) atoms. The van der Waals surface area contributed by atoms with Crippen molar-refractivity contribution in [3.63, 3.8) is 0 Å². The number of unbranched alkanes of at least 4 members (excludes halogenated alkanes) is 1. The van der Waals surface area contributed by atoms with Gasteiger partial charge in [-0.3, -0.25) is 4.90 Å². The third-order valence-corrected chi connectivity index (χ3v) is 5.57. The monoisotopic (exact) mass is 294 g/mol. The maximum Gasteiger partial charge on any atom is 0.0198 e. The van der Waals surface area contributed by atoms with Crippen molar-refractivity contribution in [2.75, 3.05) is 19.6 Å². The van der Waals surface area contributed by atoms with Crippen molar-refractivity contribution in [1.82, 2.24) is 10.2 Å². The van der Waals surface area contributed by atoms with Crippen molar-refractivity contribution in [3.05, 3.63) is 0 Å². The zero-order valence-electron chi connectivity index (χ0n) is 14.9. The highest BCUT2D eigenvalue weighted by Gasteiger charge is 2.36. The van der Waals surface area contributed by atoms with Crippen LogP contribution in [0, 0.1) is 17.8 Å². The number of nitrogens with zero attached hydrogens (tertiary/aromatic N) is 1. The molecule has 2 fully saturated rings. The minimum absolute atomic E-state index is 0.737. The first-order valence-corrected chi connectivity index (χ1v) is 9.57. The highest BCUT2D eigenvalue weighted by molar-refractivity contribution is 4.91. The predicted octanol–water partition coefficient (Wildman–Crippen LogP) is 4.30. The van der Waals surface area contributed by atoms with Crippen LogP contribution >= 0.6 is 0 Å². The molecule has 2 nitrogen and oxygen atoms in total. The lowest BCUT2D eigenvalue weighted by molar-refractivity contribution is 0.0896. The number of likely N-dealkylation sites (tertiary alicyclic amines) is 1. The molecule has 2 rings (SSSR count). The van der Waals surface area contributed by atoms with Gasteiger partial charge in [0, 0.05) is 25.2 Å². The Balaban J connectivity index is 1.83. The number of piperidine rings is 1. The second-order valence-corrected chi connectivity index (χ2v) is 8.11. The summed E-state index contributed by atoms with van der Waals surface area (Å²) in [5.41, 5.74) is 0. The van der Waals surface area contributed by atoms with Crippen LogP contribution in [0.3, 0.4) is 0 Å². The van der Waals surface area contributed by atoms with E-state index in [9.17, 15) is 0 Å². The van der Waals surface area contributed by atoms with Gasteiger partial charge in [-0.15, -0.1) is 0 Å². The Morgan fingerprint density at radius 3 is 2.52 bits per heavy atom. The summed E-state index contributed by atoms with van der Waals surface area (Å²) < 4.78 is 0. The summed E-state index contributed by atoms with van der Waals surface area (Å²) in [4.78, 5) is 2.81. The van der Waals surface area contributed by atoms with Crippen molar-refractivity contribution < 1.29 is 0 Å². The predicted molar refractivity (Wildman–Crippen MR) is 92.6 cm³/mol. The molecule has 124 valence electrons. The van der Waals surface area contributed by atoms with E-state index in [1.165, 1.54) is 64.6 Å². The molecule has 0 amide bonds. The molecule has 0 bridgehead atoms. The summed E-state index contributed by atoms with van der Waals surface area (Å²) in [5, 5.41) is 3.86.